The normalized spacial score (nSPS) is 11.3. The first-order valence-electron chi connectivity index (χ1n) is 10.5. The summed E-state index contributed by atoms with van der Waals surface area (Å²) in [5.74, 6) is 0.423. The van der Waals surface area contributed by atoms with E-state index in [0.717, 1.165) is 0 Å². The number of hydrazone groups is 1. The monoisotopic (exact) mass is 536 g/mol. The second-order valence-electron chi connectivity index (χ2n) is 6.90. The number of carbonyl (C=O) groups excluding carboxylic acids is 1. The van der Waals surface area contributed by atoms with Crippen molar-refractivity contribution in [3.8, 4) is 17.2 Å². The average Bonchev–Trinajstić information content (AvgIpc) is 2.82. The lowest BCUT2D eigenvalue weighted by atomic mass is 10.2. The van der Waals surface area contributed by atoms with Crippen LogP contribution in [0.4, 0.5) is 0 Å². The van der Waals surface area contributed by atoms with Gasteiger partial charge in [-0.25, -0.2) is 5.43 Å². The molecule has 3 aromatic carbocycles. The summed E-state index contributed by atoms with van der Waals surface area (Å²) >= 11 is 11.9. The van der Waals surface area contributed by atoms with E-state index in [1.54, 1.807) is 18.2 Å². The van der Waals surface area contributed by atoms with Crippen molar-refractivity contribution >= 4 is 45.4 Å². The molecule has 0 fully saturated rings. The van der Waals surface area contributed by atoms with Crippen molar-refractivity contribution in [1.82, 2.24) is 5.43 Å². The summed E-state index contributed by atoms with van der Waals surface area (Å²) in [5.41, 5.74) is 2.91. The molecule has 3 rings (SSSR count). The van der Waals surface area contributed by atoms with E-state index in [2.05, 4.69) is 10.5 Å². The van der Waals surface area contributed by atoms with Gasteiger partial charge >= 0.3 is 10.1 Å². The predicted octanol–water partition coefficient (Wildman–Crippen LogP) is 5.32. The smallest absolute Gasteiger partial charge is 0.339 e. The fourth-order valence-electron chi connectivity index (χ4n) is 2.88. The van der Waals surface area contributed by atoms with Crippen LogP contribution in [0.25, 0.3) is 0 Å². The van der Waals surface area contributed by atoms with Gasteiger partial charge in [0.15, 0.2) is 17.2 Å². The van der Waals surface area contributed by atoms with E-state index >= 15 is 0 Å². The van der Waals surface area contributed by atoms with Crippen molar-refractivity contribution in [2.75, 3.05) is 13.2 Å². The summed E-state index contributed by atoms with van der Waals surface area (Å²) < 4.78 is 41.6. The molecule has 35 heavy (non-hydrogen) atoms. The number of nitrogens with zero attached hydrogens (tertiary/aromatic N) is 1. The fraction of sp³-hybridized carbons (Fsp3) is 0.167. The molecule has 0 bridgehead atoms. The third kappa shape index (κ3) is 7.11. The van der Waals surface area contributed by atoms with Gasteiger partial charge in [-0.05, 0) is 74.5 Å². The van der Waals surface area contributed by atoms with Crippen LogP contribution in [0.1, 0.15) is 29.8 Å². The molecular weight excluding hydrogens is 515 g/mol. The number of nitrogens with one attached hydrogen (secondary N) is 1. The molecule has 0 aliphatic carbocycles. The second-order valence-corrected chi connectivity index (χ2v) is 9.32. The molecule has 11 heteroatoms. The van der Waals surface area contributed by atoms with Gasteiger partial charge in [-0.3, -0.25) is 4.79 Å². The van der Waals surface area contributed by atoms with Crippen LogP contribution in [0.2, 0.25) is 10.0 Å². The van der Waals surface area contributed by atoms with Crippen LogP contribution >= 0.6 is 23.2 Å². The Morgan fingerprint density at radius 2 is 1.51 bits per heavy atom. The van der Waals surface area contributed by atoms with Crippen LogP contribution in [-0.2, 0) is 10.1 Å². The molecule has 0 unspecified atom stereocenters. The Morgan fingerprint density at radius 3 is 2.20 bits per heavy atom. The van der Waals surface area contributed by atoms with E-state index in [1.165, 1.54) is 48.7 Å². The van der Waals surface area contributed by atoms with Crippen molar-refractivity contribution in [3.63, 3.8) is 0 Å². The highest BCUT2D eigenvalue weighted by atomic mass is 35.5. The van der Waals surface area contributed by atoms with Crippen molar-refractivity contribution in [2.45, 2.75) is 18.7 Å². The molecule has 0 aliphatic heterocycles. The first-order valence-corrected chi connectivity index (χ1v) is 12.6. The van der Waals surface area contributed by atoms with Crippen LogP contribution in [0, 0.1) is 0 Å². The van der Waals surface area contributed by atoms with E-state index in [-0.39, 0.29) is 16.2 Å². The van der Waals surface area contributed by atoms with E-state index in [1.807, 2.05) is 13.8 Å². The molecule has 1 N–H and O–H groups in total. The Bertz CT molecular complexity index is 1330. The second kappa shape index (κ2) is 11.9. The Hall–Kier alpha value is -3.27. The van der Waals surface area contributed by atoms with Crippen LogP contribution in [0.15, 0.2) is 70.7 Å². The molecule has 8 nitrogen and oxygen atoms in total. The van der Waals surface area contributed by atoms with Gasteiger partial charge in [-0.15, -0.1) is 0 Å². The minimum absolute atomic E-state index is 0.0259. The molecule has 0 spiro atoms. The van der Waals surface area contributed by atoms with E-state index in [4.69, 9.17) is 36.9 Å². The molecule has 0 saturated carbocycles. The number of ether oxygens (including phenoxy) is 2. The third-order valence-corrected chi connectivity index (χ3v) is 6.18. The van der Waals surface area contributed by atoms with Gasteiger partial charge in [0.1, 0.15) is 4.90 Å². The summed E-state index contributed by atoms with van der Waals surface area (Å²) in [4.78, 5) is 12.5. The minimum atomic E-state index is -4.15. The zero-order chi connectivity index (χ0) is 25.4. The van der Waals surface area contributed by atoms with Gasteiger partial charge in [0.25, 0.3) is 5.91 Å². The molecule has 0 atom stereocenters. The lowest BCUT2D eigenvalue weighted by molar-refractivity contribution is 0.0954. The van der Waals surface area contributed by atoms with Gasteiger partial charge in [0, 0.05) is 21.2 Å². The fourth-order valence-corrected chi connectivity index (χ4v) is 4.14. The van der Waals surface area contributed by atoms with Crippen molar-refractivity contribution < 1.29 is 26.9 Å². The van der Waals surface area contributed by atoms with Gasteiger partial charge in [0.2, 0.25) is 0 Å². The van der Waals surface area contributed by atoms with Crippen LogP contribution < -0.4 is 19.1 Å². The molecule has 0 saturated heterocycles. The van der Waals surface area contributed by atoms with Crippen molar-refractivity contribution in [2.24, 2.45) is 5.10 Å². The quantitative estimate of drug-likeness (QED) is 0.213. The summed E-state index contributed by atoms with van der Waals surface area (Å²) in [5, 5.41) is 4.63. The average molecular weight is 537 g/mol. The molecule has 1 amide bonds. The first kappa shape index (κ1) is 26.3. The molecule has 184 valence electrons. The number of halogens is 2. The molecule has 0 heterocycles. The number of hydrogen-bond acceptors (Lipinski definition) is 7. The number of amides is 1. The summed E-state index contributed by atoms with van der Waals surface area (Å²) in [6.45, 7) is 4.53. The Kier molecular flexibility index (Phi) is 8.97. The molecule has 0 radical (unpaired) electrons. The molecule has 3 aromatic rings. The van der Waals surface area contributed by atoms with Crippen LogP contribution in [0.5, 0.6) is 17.2 Å². The number of benzene rings is 3. The molecular formula is C24H22Cl2N2O6S. The first-order chi connectivity index (χ1) is 16.7. The number of rotatable bonds is 10. The Morgan fingerprint density at radius 1 is 0.886 bits per heavy atom. The van der Waals surface area contributed by atoms with E-state index < -0.39 is 16.0 Å². The van der Waals surface area contributed by atoms with E-state index in [9.17, 15) is 13.2 Å². The van der Waals surface area contributed by atoms with Gasteiger partial charge in [-0.1, -0.05) is 23.2 Å². The highest BCUT2D eigenvalue weighted by Crippen LogP contribution is 2.29. The van der Waals surface area contributed by atoms with Gasteiger partial charge < -0.3 is 13.7 Å². The summed E-state index contributed by atoms with van der Waals surface area (Å²) in [7, 11) is -4.15. The maximum atomic E-state index is 12.6. The maximum Gasteiger partial charge on any atom is 0.339 e. The van der Waals surface area contributed by atoms with Crippen molar-refractivity contribution in [3.05, 3.63) is 81.8 Å². The van der Waals surface area contributed by atoms with Gasteiger partial charge in [-0.2, -0.15) is 13.5 Å². The zero-order valence-corrected chi connectivity index (χ0v) is 21.2. The Labute approximate surface area is 213 Å². The summed E-state index contributed by atoms with van der Waals surface area (Å²) in [6, 6.07) is 14.6. The highest BCUT2D eigenvalue weighted by Gasteiger charge is 2.18. The third-order valence-electron chi connectivity index (χ3n) is 4.45. The highest BCUT2D eigenvalue weighted by molar-refractivity contribution is 7.87. The zero-order valence-electron chi connectivity index (χ0n) is 18.8. The topological polar surface area (TPSA) is 103 Å². The Balaban J connectivity index is 1.78. The molecule has 0 aliphatic rings. The van der Waals surface area contributed by atoms with E-state index in [0.29, 0.717) is 40.3 Å². The lowest BCUT2D eigenvalue weighted by Gasteiger charge is -2.12. The lowest BCUT2D eigenvalue weighted by Crippen LogP contribution is -2.18. The summed E-state index contributed by atoms with van der Waals surface area (Å²) in [6.07, 6.45) is 1.23. The number of hydrogen-bond donors (Lipinski definition) is 1. The van der Waals surface area contributed by atoms with Crippen LogP contribution in [-0.4, -0.2) is 33.8 Å². The maximum absolute atomic E-state index is 12.6. The SMILES string of the molecule is CCOc1ccc(C(=O)N/N=C/c2cc(Cl)ccc2OS(=O)(=O)c2ccc(Cl)cc2)cc1OCC. The molecule has 0 aromatic heterocycles. The standard InChI is InChI=1S/C24H22Cl2N2O6S/c1-3-32-22-11-5-16(14-23(22)33-4-2)24(29)28-27-15-17-13-19(26)8-12-21(17)34-35(30,31)20-9-6-18(25)7-10-20/h5-15H,3-4H2,1-2H3,(H,28,29)/b27-15+. The number of carbonyl (C=O) groups is 1. The van der Waals surface area contributed by atoms with Gasteiger partial charge in [0.05, 0.1) is 19.4 Å². The van der Waals surface area contributed by atoms with Crippen molar-refractivity contribution in [1.29, 1.82) is 0 Å². The largest absolute Gasteiger partial charge is 0.490 e. The van der Waals surface area contributed by atoms with Crippen LogP contribution in [0.3, 0.4) is 0 Å². The predicted molar refractivity (Wildman–Crippen MR) is 135 cm³/mol. The minimum Gasteiger partial charge on any atom is -0.490 e.